The Hall–Kier alpha value is -4.46. The predicted molar refractivity (Wildman–Crippen MR) is 137 cm³/mol. The molecule has 8 nitrogen and oxygen atoms in total. The zero-order chi connectivity index (χ0) is 25.8. The second-order valence-corrected chi connectivity index (χ2v) is 8.03. The summed E-state index contributed by atoms with van der Waals surface area (Å²) in [5.74, 6) is -0.190. The number of aryl methyl sites for hydroxylation is 1. The van der Waals surface area contributed by atoms with E-state index in [9.17, 15) is 14.4 Å². The van der Waals surface area contributed by atoms with E-state index in [0.717, 1.165) is 18.4 Å². The third-order valence-electron chi connectivity index (χ3n) is 5.07. The molecule has 0 radical (unpaired) electrons. The maximum Gasteiger partial charge on any atom is 0.343 e. The minimum atomic E-state index is -0.470. The van der Waals surface area contributed by atoms with E-state index in [2.05, 4.69) is 22.8 Å². The largest absolute Gasteiger partial charge is 0.494 e. The molecule has 2 N–H and O–H groups in total. The molecule has 36 heavy (non-hydrogen) atoms. The van der Waals surface area contributed by atoms with Crippen LogP contribution in [-0.2, 0) is 4.79 Å². The first kappa shape index (κ1) is 26.2. The number of carbonyl (C=O) groups is 3. The molecule has 3 rings (SSSR count). The van der Waals surface area contributed by atoms with Gasteiger partial charge in [-0.2, -0.15) is 5.10 Å². The molecular weight excluding hydrogens is 458 g/mol. The van der Waals surface area contributed by atoms with Crippen LogP contribution in [0.3, 0.4) is 0 Å². The van der Waals surface area contributed by atoms with Crippen molar-refractivity contribution in [3.63, 3.8) is 0 Å². The summed E-state index contributed by atoms with van der Waals surface area (Å²) in [4.78, 5) is 36.4. The molecule has 0 fully saturated rings. The molecule has 0 atom stereocenters. The van der Waals surface area contributed by atoms with Gasteiger partial charge in [0, 0.05) is 5.56 Å². The Balaban J connectivity index is 1.40. The number of rotatable bonds is 11. The number of nitrogens with one attached hydrogen (secondary N) is 2. The van der Waals surface area contributed by atoms with E-state index < -0.39 is 11.9 Å². The van der Waals surface area contributed by atoms with E-state index in [0.29, 0.717) is 34.8 Å². The van der Waals surface area contributed by atoms with Gasteiger partial charge in [-0.25, -0.2) is 10.2 Å². The van der Waals surface area contributed by atoms with Crippen LogP contribution in [0.4, 0.5) is 0 Å². The topological polar surface area (TPSA) is 106 Å². The minimum Gasteiger partial charge on any atom is -0.494 e. The fourth-order valence-electron chi connectivity index (χ4n) is 3.00. The van der Waals surface area contributed by atoms with Crippen LogP contribution in [0.1, 0.15) is 51.6 Å². The maximum atomic E-state index is 12.2. The Labute approximate surface area is 210 Å². The molecule has 0 saturated carbocycles. The lowest BCUT2D eigenvalue weighted by Gasteiger charge is -2.07. The number of amides is 2. The Bertz CT molecular complexity index is 1190. The molecule has 2 amide bonds. The number of benzene rings is 3. The number of carbonyl (C=O) groups excluding carboxylic acids is 3. The quantitative estimate of drug-likeness (QED) is 0.138. The van der Waals surface area contributed by atoms with Gasteiger partial charge in [0.25, 0.3) is 11.8 Å². The van der Waals surface area contributed by atoms with Crippen molar-refractivity contribution < 1.29 is 23.9 Å². The Morgan fingerprint density at radius 2 is 1.50 bits per heavy atom. The summed E-state index contributed by atoms with van der Waals surface area (Å²) >= 11 is 0. The zero-order valence-corrected chi connectivity index (χ0v) is 20.3. The predicted octanol–water partition coefficient (Wildman–Crippen LogP) is 4.27. The van der Waals surface area contributed by atoms with Gasteiger partial charge in [-0.3, -0.25) is 9.59 Å². The maximum absolute atomic E-state index is 12.2. The minimum absolute atomic E-state index is 0.223. The molecule has 0 saturated heterocycles. The highest BCUT2D eigenvalue weighted by molar-refractivity contribution is 5.96. The average molecular weight is 488 g/mol. The highest BCUT2D eigenvalue weighted by Crippen LogP contribution is 2.14. The third-order valence-corrected chi connectivity index (χ3v) is 5.07. The number of nitrogens with zero attached hydrogens (tertiary/aromatic N) is 1. The van der Waals surface area contributed by atoms with Gasteiger partial charge >= 0.3 is 5.97 Å². The van der Waals surface area contributed by atoms with Crippen molar-refractivity contribution in [3.8, 4) is 11.5 Å². The van der Waals surface area contributed by atoms with Crippen molar-refractivity contribution in [2.24, 2.45) is 5.10 Å². The summed E-state index contributed by atoms with van der Waals surface area (Å²) in [6, 6.07) is 20.5. The van der Waals surface area contributed by atoms with Crippen molar-refractivity contribution in [2.75, 3.05) is 13.2 Å². The van der Waals surface area contributed by atoms with Crippen molar-refractivity contribution in [1.82, 2.24) is 10.7 Å². The van der Waals surface area contributed by atoms with Crippen LogP contribution in [0.5, 0.6) is 11.5 Å². The monoisotopic (exact) mass is 487 g/mol. The van der Waals surface area contributed by atoms with Crippen LogP contribution in [0.25, 0.3) is 0 Å². The highest BCUT2D eigenvalue weighted by Gasteiger charge is 2.09. The van der Waals surface area contributed by atoms with Gasteiger partial charge in [0.15, 0.2) is 0 Å². The summed E-state index contributed by atoms with van der Waals surface area (Å²) in [5, 5.41) is 6.43. The number of esters is 1. The summed E-state index contributed by atoms with van der Waals surface area (Å²) in [7, 11) is 0. The molecule has 186 valence electrons. The number of hydrazone groups is 1. The van der Waals surface area contributed by atoms with E-state index in [1.54, 1.807) is 60.7 Å². The van der Waals surface area contributed by atoms with Gasteiger partial charge in [0.05, 0.1) is 24.9 Å². The van der Waals surface area contributed by atoms with Crippen molar-refractivity contribution in [2.45, 2.75) is 26.7 Å². The van der Waals surface area contributed by atoms with Crippen LogP contribution in [0.15, 0.2) is 77.9 Å². The average Bonchev–Trinajstić information content (AvgIpc) is 2.89. The number of hydrogen-bond acceptors (Lipinski definition) is 6. The van der Waals surface area contributed by atoms with Gasteiger partial charge in [-0.15, -0.1) is 0 Å². The lowest BCUT2D eigenvalue weighted by Crippen LogP contribution is -2.34. The molecule has 0 heterocycles. The lowest BCUT2D eigenvalue weighted by molar-refractivity contribution is -0.120. The molecule has 0 unspecified atom stereocenters. The molecule has 8 heteroatoms. The highest BCUT2D eigenvalue weighted by atomic mass is 16.5. The Morgan fingerprint density at radius 1 is 0.861 bits per heavy atom. The lowest BCUT2D eigenvalue weighted by atomic mass is 10.1. The first-order valence-electron chi connectivity index (χ1n) is 11.7. The Morgan fingerprint density at radius 3 is 2.17 bits per heavy atom. The number of unbranched alkanes of at least 4 members (excludes halogenated alkanes) is 1. The second-order valence-electron chi connectivity index (χ2n) is 8.03. The van der Waals surface area contributed by atoms with Crippen molar-refractivity contribution >= 4 is 24.0 Å². The van der Waals surface area contributed by atoms with Crippen LogP contribution in [-0.4, -0.2) is 37.1 Å². The smallest absolute Gasteiger partial charge is 0.343 e. The molecule has 3 aromatic carbocycles. The van der Waals surface area contributed by atoms with E-state index in [-0.39, 0.29) is 12.5 Å². The van der Waals surface area contributed by atoms with Crippen molar-refractivity contribution in [3.05, 3.63) is 95.1 Å². The SMILES string of the molecule is CCCCOc1ccc(C(=O)NCC(=O)NN=Cc2ccc(OC(=O)c3ccc(C)cc3)cc2)cc1. The van der Waals surface area contributed by atoms with Crippen LogP contribution >= 0.6 is 0 Å². The molecule has 0 aromatic heterocycles. The number of ether oxygens (including phenoxy) is 2. The van der Waals surface area contributed by atoms with E-state index >= 15 is 0 Å². The first-order valence-corrected chi connectivity index (χ1v) is 11.7. The summed E-state index contributed by atoms with van der Waals surface area (Å²) < 4.78 is 10.9. The second kappa shape index (κ2) is 13.4. The molecule has 0 aliphatic carbocycles. The molecule has 0 spiro atoms. The standard InChI is InChI=1S/C28H29N3O5/c1-3-4-17-35-24-15-11-22(12-16-24)27(33)29-19-26(32)31-30-18-21-7-13-25(14-8-21)36-28(34)23-9-5-20(2)6-10-23/h5-16,18H,3-4,17,19H2,1-2H3,(H,29,33)(H,31,32). The first-order chi connectivity index (χ1) is 17.4. The van der Waals surface area contributed by atoms with Crippen LogP contribution in [0.2, 0.25) is 0 Å². The van der Waals surface area contributed by atoms with E-state index in [1.165, 1.54) is 6.21 Å². The zero-order valence-electron chi connectivity index (χ0n) is 20.3. The molecular formula is C28H29N3O5. The van der Waals surface area contributed by atoms with Crippen LogP contribution < -0.4 is 20.2 Å². The fraction of sp³-hybridized carbons (Fsp3) is 0.214. The normalized spacial score (nSPS) is 10.6. The molecule has 3 aromatic rings. The Kier molecular flexibility index (Phi) is 9.76. The van der Waals surface area contributed by atoms with Crippen molar-refractivity contribution in [1.29, 1.82) is 0 Å². The third kappa shape index (κ3) is 8.39. The van der Waals surface area contributed by atoms with Gasteiger partial charge in [-0.1, -0.05) is 31.0 Å². The summed E-state index contributed by atoms with van der Waals surface area (Å²) in [6.45, 7) is 4.44. The molecule has 0 bridgehead atoms. The van der Waals surface area contributed by atoms with Gasteiger partial charge in [0.2, 0.25) is 0 Å². The number of hydrogen-bond donors (Lipinski definition) is 2. The summed E-state index contributed by atoms with van der Waals surface area (Å²) in [6.07, 6.45) is 3.46. The fourth-order valence-corrected chi connectivity index (χ4v) is 3.00. The molecule has 0 aliphatic heterocycles. The van der Waals surface area contributed by atoms with Crippen LogP contribution in [0, 0.1) is 6.92 Å². The van der Waals surface area contributed by atoms with Gasteiger partial charge in [0.1, 0.15) is 11.5 Å². The molecule has 0 aliphatic rings. The van der Waals surface area contributed by atoms with E-state index in [1.807, 2.05) is 19.1 Å². The van der Waals surface area contributed by atoms with Gasteiger partial charge < -0.3 is 14.8 Å². The van der Waals surface area contributed by atoms with E-state index in [4.69, 9.17) is 9.47 Å². The summed E-state index contributed by atoms with van der Waals surface area (Å²) in [5.41, 5.74) is 5.00. The van der Waals surface area contributed by atoms with Gasteiger partial charge in [-0.05, 0) is 79.6 Å².